The number of nitrogens with zero attached hydrogens (tertiary/aromatic N) is 3. The number of amides is 1. The highest BCUT2D eigenvalue weighted by molar-refractivity contribution is 5.83. The zero-order chi connectivity index (χ0) is 16.6. The van der Waals surface area contributed by atoms with E-state index in [4.69, 9.17) is 0 Å². The molecule has 4 rings (SSSR count). The average molecular weight is 324 g/mol. The Morgan fingerprint density at radius 1 is 1.21 bits per heavy atom. The highest BCUT2D eigenvalue weighted by Gasteiger charge is 2.42. The molecule has 24 heavy (non-hydrogen) atoms. The van der Waals surface area contributed by atoms with E-state index in [1.54, 1.807) is 0 Å². The van der Waals surface area contributed by atoms with Crippen LogP contribution in [0.1, 0.15) is 29.8 Å². The van der Waals surface area contributed by atoms with Crippen LogP contribution in [0.2, 0.25) is 0 Å². The molecule has 5 nitrogen and oxygen atoms in total. The summed E-state index contributed by atoms with van der Waals surface area (Å²) in [4.78, 5) is 19.6. The summed E-state index contributed by atoms with van der Waals surface area (Å²) >= 11 is 0. The van der Waals surface area contributed by atoms with Gasteiger partial charge in [0.05, 0.1) is 12.0 Å². The van der Waals surface area contributed by atoms with Gasteiger partial charge >= 0.3 is 0 Å². The Morgan fingerprint density at radius 2 is 1.96 bits per heavy atom. The molecule has 2 aliphatic heterocycles. The maximum absolute atomic E-state index is 12.8. The molecule has 3 heterocycles. The van der Waals surface area contributed by atoms with Crippen molar-refractivity contribution in [2.75, 3.05) is 13.1 Å². The first kappa shape index (κ1) is 15.4. The molecule has 1 amide bonds. The number of aromatic nitrogens is 2. The summed E-state index contributed by atoms with van der Waals surface area (Å²) in [5.74, 6) is 1.32. The summed E-state index contributed by atoms with van der Waals surface area (Å²) in [5.41, 5.74) is 2.34. The van der Waals surface area contributed by atoms with Crippen LogP contribution in [0.25, 0.3) is 0 Å². The number of hydrogen-bond acceptors (Lipinski definition) is 3. The van der Waals surface area contributed by atoms with Crippen molar-refractivity contribution in [3.05, 3.63) is 53.6 Å². The largest absolute Gasteiger partial charge is 0.352 e. The summed E-state index contributed by atoms with van der Waals surface area (Å²) in [7, 11) is 2.03. The van der Waals surface area contributed by atoms with Crippen LogP contribution in [-0.2, 0) is 31.4 Å². The molecule has 5 heteroatoms. The Balaban J connectivity index is 1.49. The second-order valence-electron chi connectivity index (χ2n) is 7.14. The van der Waals surface area contributed by atoms with Crippen molar-refractivity contribution in [1.29, 1.82) is 0 Å². The van der Waals surface area contributed by atoms with Gasteiger partial charge < -0.3 is 9.88 Å². The van der Waals surface area contributed by atoms with Crippen LogP contribution >= 0.6 is 0 Å². The molecule has 2 aliphatic rings. The van der Waals surface area contributed by atoms with Crippen molar-refractivity contribution in [1.82, 2.24) is 19.8 Å². The van der Waals surface area contributed by atoms with Gasteiger partial charge in [-0.2, -0.15) is 0 Å². The molecule has 0 atom stereocenters. The van der Waals surface area contributed by atoms with E-state index in [1.807, 2.05) is 19.4 Å². The van der Waals surface area contributed by atoms with Crippen molar-refractivity contribution in [3.8, 4) is 0 Å². The molecule has 0 radical (unpaired) electrons. The number of carbonyl (C=O) groups excluding carboxylic acids is 1. The number of carbonyl (C=O) groups is 1. The summed E-state index contributed by atoms with van der Waals surface area (Å²) in [6.07, 6.45) is 6.52. The molecule has 1 fully saturated rings. The van der Waals surface area contributed by atoms with Crippen LogP contribution < -0.4 is 5.32 Å². The minimum absolute atomic E-state index is 0.232. The average Bonchev–Trinajstić information content (AvgIpc) is 2.94. The van der Waals surface area contributed by atoms with Gasteiger partial charge in [-0.3, -0.25) is 9.69 Å². The maximum Gasteiger partial charge on any atom is 0.226 e. The Hall–Kier alpha value is -2.14. The fourth-order valence-electron chi connectivity index (χ4n) is 4.00. The van der Waals surface area contributed by atoms with Gasteiger partial charge in [-0.05, 0) is 43.5 Å². The first-order valence-electron chi connectivity index (χ1n) is 8.70. The van der Waals surface area contributed by atoms with E-state index in [9.17, 15) is 4.79 Å². The highest BCUT2D eigenvalue weighted by Crippen LogP contribution is 2.38. The molecule has 0 aliphatic carbocycles. The first-order valence-corrected chi connectivity index (χ1v) is 8.70. The molecule has 0 bridgehead atoms. The van der Waals surface area contributed by atoms with E-state index in [0.29, 0.717) is 6.54 Å². The maximum atomic E-state index is 12.8. The summed E-state index contributed by atoms with van der Waals surface area (Å²) < 4.78 is 2.07. The first-order chi connectivity index (χ1) is 11.7. The third-order valence-corrected chi connectivity index (χ3v) is 5.67. The van der Waals surface area contributed by atoms with Crippen LogP contribution in [0.15, 0.2) is 36.7 Å². The molecule has 0 unspecified atom stereocenters. The predicted molar refractivity (Wildman–Crippen MR) is 92.1 cm³/mol. The lowest BCUT2D eigenvalue weighted by Crippen LogP contribution is -2.48. The van der Waals surface area contributed by atoms with Gasteiger partial charge in [0, 0.05) is 26.0 Å². The quantitative estimate of drug-likeness (QED) is 0.917. The van der Waals surface area contributed by atoms with Crippen molar-refractivity contribution < 1.29 is 4.79 Å². The number of hydrogen-bond donors (Lipinski definition) is 1. The fraction of sp³-hybridized carbons (Fsp3) is 0.474. The van der Waals surface area contributed by atoms with Crippen LogP contribution in [-0.4, -0.2) is 33.4 Å². The second-order valence-corrected chi connectivity index (χ2v) is 7.14. The van der Waals surface area contributed by atoms with Crippen LogP contribution in [0.5, 0.6) is 0 Å². The number of piperidine rings is 1. The lowest BCUT2D eigenvalue weighted by atomic mass is 9.73. The van der Waals surface area contributed by atoms with Crippen molar-refractivity contribution in [2.24, 2.45) is 12.5 Å². The lowest BCUT2D eigenvalue weighted by molar-refractivity contribution is -0.133. The zero-order valence-corrected chi connectivity index (χ0v) is 14.2. The van der Waals surface area contributed by atoms with Crippen molar-refractivity contribution in [2.45, 2.75) is 32.4 Å². The number of fused-ring (bicyclic) bond motifs is 1. The minimum Gasteiger partial charge on any atom is -0.352 e. The van der Waals surface area contributed by atoms with Gasteiger partial charge in [0.15, 0.2) is 0 Å². The summed E-state index contributed by atoms with van der Waals surface area (Å²) in [6.45, 7) is 3.41. The van der Waals surface area contributed by atoms with Crippen LogP contribution in [0.4, 0.5) is 0 Å². The normalized spacial score (nSPS) is 20.5. The molecule has 1 N–H and O–H groups in total. The van der Waals surface area contributed by atoms with Gasteiger partial charge in [0.1, 0.15) is 5.82 Å². The lowest BCUT2D eigenvalue weighted by Gasteiger charge is -2.40. The molecule has 0 saturated carbocycles. The number of benzene rings is 1. The van der Waals surface area contributed by atoms with E-state index >= 15 is 0 Å². The van der Waals surface area contributed by atoms with E-state index in [-0.39, 0.29) is 11.3 Å². The van der Waals surface area contributed by atoms with E-state index in [1.165, 1.54) is 11.1 Å². The van der Waals surface area contributed by atoms with Gasteiger partial charge in [-0.15, -0.1) is 0 Å². The third-order valence-electron chi connectivity index (χ3n) is 5.67. The van der Waals surface area contributed by atoms with Gasteiger partial charge in [0.2, 0.25) is 5.91 Å². The van der Waals surface area contributed by atoms with Crippen LogP contribution in [0.3, 0.4) is 0 Å². The van der Waals surface area contributed by atoms with Crippen molar-refractivity contribution >= 4 is 5.91 Å². The van der Waals surface area contributed by atoms with E-state index in [0.717, 1.165) is 44.7 Å². The fourth-order valence-corrected chi connectivity index (χ4v) is 4.00. The number of rotatable bonds is 2. The summed E-state index contributed by atoms with van der Waals surface area (Å²) in [5, 5.41) is 3.16. The molecule has 1 saturated heterocycles. The third kappa shape index (κ3) is 2.73. The molecule has 1 aromatic heterocycles. The Morgan fingerprint density at radius 3 is 2.67 bits per heavy atom. The van der Waals surface area contributed by atoms with Gasteiger partial charge in [-0.1, -0.05) is 24.3 Å². The second kappa shape index (κ2) is 6.06. The zero-order valence-electron chi connectivity index (χ0n) is 14.2. The van der Waals surface area contributed by atoms with E-state index in [2.05, 4.69) is 44.0 Å². The summed E-state index contributed by atoms with van der Waals surface area (Å²) in [6, 6.07) is 8.44. The highest BCUT2D eigenvalue weighted by atomic mass is 16.2. The Kier molecular flexibility index (Phi) is 3.88. The molecule has 2 aromatic rings. The topological polar surface area (TPSA) is 50.2 Å². The Labute approximate surface area is 142 Å². The Bertz CT molecular complexity index is 743. The van der Waals surface area contributed by atoms with Gasteiger partial charge in [-0.25, -0.2) is 4.98 Å². The van der Waals surface area contributed by atoms with E-state index < -0.39 is 0 Å². The SMILES string of the molecule is Cn1ccnc1CN1CCC2(CC1)Cc1ccccc1CNC2=O. The minimum atomic E-state index is -0.245. The standard InChI is InChI=1S/C19H24N4O/c1-22-11-8-20-17(22)14-23-9-6-19(7-10-23)12-15-4-2-3-5-16(15)13-21-18(19)24/h2-5,8,11H,6-7,9-10,12-14H2,1H3,(H,21,24). The van der Waals surface area contributed by atoms with Crippen molar-refractivity contribution in [3.63, 3.8) is 0 Å². The smallest absolute Gasteiger partial charge is 0.226 e. The molecule has 1 spiro atoms. The monoisotopic (exact) mass is 324 g/mol. The number of nitrogens with one attached hydrogen (secondary N) is 1. The molecule has 126 valence electrons. The number of likely N-dealkylation sites (tertiary alicyclic amines) is 1. The van der Waals surface area contributed by atoms with Gasteiger partial charge in [0.25, 0.3) is 0 Å². The number of imidazole rings is 1. The molecular formula is C19H24N4O. The van der Waals surface area contributed by atoms with Crippen LogP contribution in [0, 0.1) is 5.41 Å². The molecular weight excluding hydrogens is 300 g/mol. The number of aryl methyl sites for hydroxylation is 1. The predicted octanol–water partition coefficient (Wildman–Crippen LogP) is 1.87. The molecule has 1 aromatic carbocycles.